The normalized spacial score (nSPS) is 21.1. The van der Waals surface area contributed by atoms with E-state index in [0.717, 1.165) is 53.9 Å². The second kappa shape index (κ2) is 9.89. The highest BCUT2D eigenvalue weighted by Gasteiger charge is 2.52. The molecule has 1 amide bonds. The van der Waals surface area contributed by atoms with Gasteiger partial charge < -0.3 is 20.7 Å². The van der Waals surface area contributed by atoms with E-state index >= 15 is 0 Å². The zero-order chi connectivity index (χ0) is 23.5. The van der Waals surface area contributed by atoms with Crippen LogP contribution in [0.25, 0.3) is 0 Å². The smallest absolute Gasteiger partial charge is 0.228 e. The minimum absolute atomic E-state index is 0.195. The SMILES string of the molecule is COc1ccc(C2(C(C(=O)NC3CCCCC3)C3CCCCC3)Nc3ccccc3N2)cc1C. The van der Waals surface area contributed by atoms with Crippen LogP contribution in [-0.4, -0.2) is 19.1 Å². The Bertz CT molecular complexity index is 983. The number of rotatable bonds is 6. The van der Waals surface area contributed by atoms with Gasteiger partial charge in [-0.05, 0) is 73.9 Å². The number of ether oxygens (including phenoxy) is 1. The van der Waals surface area contributed by atoms with Crippen molar-refractivity contribution in [3.63, 3.8) is 0 Å². The van der Waals surface area contributed by atoms with E-state index < -0.39 is 5.66 Å². The molecule has 1 heterocycles. The molecule has 5 rings (SSSR count). The Kier molecular flexibility index (Phi) is 6.71. The van der Waals surface area contributed by atoms with Crippen LogP contribution in [0, 0.1) is 18.8 Å². The van der Waals surface area contributed by atoms with E-state index in [1.165, 1.54) is 38.5 Å². The van der Waals surface area contributed by atoms with Gasteiger partial charge in [-0.2, -0.15) is 0 Å². The zero-order valence-electron chi connectivity index (χ0n) is 20.7. The highest BCUT2D eigenvalue weighted by atomic mass is 16.5. The first-order valence-corrected chi connectivity index (χ1v) is 13.2. The number of methoxy groups -OCH3 is 1. The second-order valence-electron chi connectivity index (χ2n) is 10.5. The molecular weight excluding hydrogens is 422 g/mol. The molecule has 0 bridgehead atoms. The quantitative estimate of drug-likeness (QED) is 0.470. The minimum atomic E-state index is -0.693. The summed E-state index contributed by atoms with van der Waals surface area (Å²) in [6, 6.07) is 15.0. The fourth-order valence-electron chi connectivity index (χ4n) is 6.53. The van der Waals surface area contributed by atoms with Gasteiger partial charge in [0.25, 0.3) is 0 Å². The molecule has 2 aromatic rings. The number of amides is 1. The van der Waals surface area contributed by atoms with Crippen molar-refractivity contribution in [3.05, 3.63) is 53.6 Å². The Labute approximate surface area is 204 Å². The Balaban J connectivity index is 1.58. The summed E-state index contributed by atoms with van der Waals surface area (Å²) in [5.41, 5.74) is 3.59. The lowest BCUT2D eigenvalue weighted by molar-refractivity contribution is -0.130. The number of benzene rings is 2. The van der Waals surface area contributed by atoms with Crippen molar-refractivity contribution >= 4 is 17.3 Å². The molecule has 3 N–H and O–H groups in total. The van der Waals surface area contributed by atoms with Crippen LogP contribution in [0.4, 0.5) is 11.4 Å². The number of fused-ring (bicyclic) bond motifs is 1. The summed E-state index contributed by atoms with van der Waals surface area (Å²) in [5.74, 6) is 1.18. The molecule has 34 heavy (non-hydrogen) atoms. The molecular formula is C29H39N3O2. The molecule has 2 fully saturated rings. The van der Waals surface area contributed by atoms with Gasteiger partial charge in [0.2, 0.25) is 5.91 Å². The molecule has 0 radical (unpaired) electrons. The van der Waals surface area contributed by atoms with E-state index in [1.807, 2.05) is 6.07 Å². The maximum atomic E-state index is 14.2. The van der Waals surface area contributed by atoms with Gasteiger partial charge in [0.1, 0.15) is 11.4 Å². The number of nitrogens with one attached hydrogen (secondary N) is 3. The predicted octanol–water partition coefficient (Wildman–Crippen LogP) is 6.34. The minimum Gasteiger partial charge on any atom is -0.496 e. The van der Waals surface area contributed by atoms with Crippen LogP contribution in [0.2, 0.25) is 0 Å². The molecule has 2 saturated carbocycles. The molecule has 0 spiro atoms. The Morgan fingerprint density at radius 3 is 2.15 bits per heavy atom. The van der Waals surface area contributed by atoms with Crippen molar-refractivity contribution in [1.29, 1.82) is 0 Å². The van der Waals surface area contributed by atoms with E-state index in [1.54, 1.807) is 7.11 Å². The summed E-state index contributed by atoms with van der Waals surface area (Å²) in [5, 5.41) is 11.2. The van der Waals surface area contributed by atoms with E-state index in [4.69, 9.17) is 4.74 Å². The summed E-state index contributed by atoms with van der Waals surface area (Å²) < 4.78 is 5.56. The van der Waals surface area contributed by atoms with E-state index in [9.17, 15) is 4.79 Å². The van der Waals surface area contributed by atoms with Crippen LogP contribution >= 0.6 is 0 Å². The summed E-state index contributed by atoms with van der Waals surface area (Å²) in [6.45, 7) is 2.08. The first-order valence-electron chi connectivity index (χ1n) is 13.2. The van der Waals surface area contributed by atoms with Crippen molar-refractivity contribution in [3.8, 4) is 5.75 Å². The zero-order valence-corrected chi connectivity index (χ0v) is 20.7. The Morgan fingerprint density at radius 1 is 0.941 bits per heavy atom. The number of anilines is 2. The molecule has 0 saturated heterocycles. The van der Waals surface area contributed by atoms with Crippen LogP contribution < -0.4 is 20.7 Å². The number of aryl methyl sites for hydroxylation is 1. The van der Waals surface area contributed by atoms with Crippen molar-refractivity contribution in [2.24, 2.45) is 11.8 Å². The van der Waals surface area contributed by atoms with Gasteiger partial charge in [-0.3, -0.25) is 4.79 Å². The lowest BCUT2D eigenvalue weighted by Gasteiger charge is -2.44. The Morgan fingerprint density at radius 2 is 1.56 bits per heavy atom. The summed E-state index contributed by atoms with van der Waals surface area (Å²) in [6.07, 6.45) is 11.8. The third kappa shape index (κ3) is 4.37. The van der Waals surface area contributed by atoms with E-state index in [-0.39, 0.29) is 11.8 Å². The fourth-order valence-corrected chi connectivity index (χ4v) is 6.53. The van der Waals surface area contributed by atoms with Crippen LogP contribution in [0.1, 0.15) is 75.3 Å². The molecule has 0 aromatic heterocycles. The van der Waals surface area contributed by atoms with Gasteiger partial charge in [-0.25, -0.2) is 0 Å². The van der Waals surface area contributed by atoms with Crippen molar-refractivity contribution in [2.45, 2.75) is 82.8 Å². The van der Waals surface area contributed by atoms with Gasteiger partial charge >= 0.3 is 0 Å². The van der Waals surface area contributed by atoms with Gasteiger partial charge in [0.15, 0.2) is 0 Å². The van der Waals surface area contributed by atoms with Crippen molar-refractivity contribution in [2.75, 3.05) is 17.7 Å². The molecule has 1 aliphatic heterocycles. The van der Waals surface area contributed by atoms with Crippen LogP contribution in [0.15, 0.2) is 42.5 Å². The lowest BCUT2D eigenvalue weighted by atomic mass is 9.70. The Hall–Kier alpha value is -2.69. The third-order valence-electron chi connectivity index (χ3n) is 8.26. The fraction of sp³-hybridized carbons (Fsp3) is 0.552. The number of hydrogen-bond donors (Lipinski definition) is 3. The highest BCUT2D eigenvalue weighted by Crippen LogP contribution is 2.49. The van der Waals surface area contributed by atoms with Gasteiger partial charge in [-0.1, -0.05) is 56.7 Å². The molecule has 2 aliphatic carbocycles. The molecule has 1 atom stereocenters. The topological polar surface area (TPSA) is 62.4 Å². The third-order valence-corrected chi connectivity index (χ3v) is 8.26. The predicted molar refractivity (Wildman–Crippen MR) is 138 cm³/mol. The van der Waals surface area contributed by atoms with Gasteiger partial charge in [0, 0.05) is 6.04 Å². The summed E-state index contributed by atoms with van der Waals surface area (Å²) >= 11 is 0. The number of carbonyl (C=O) groups is 1. The van der Waals surface area contributed by atoms with Crippen LogP contribution in [-0.2, 0) is 10.5 Å². The van der Waals surface area contributed by atoms with E-state index in [0.29, 0.717) is 12.0 Å². The second-order valence-corrected chi connectivity index (χ2v) is 10.5. The molecule has 5 heteroatoms. The molecule has 2 aromatic carbocycles. The maximum absolute atomic E-state index is 14.2. The summed E-state index contributed by atoms with van der Waals surface area (Å²) in [7, 11) is 1.71. The molecule has 1 unspecified atom stereocenters. The molecule has 182 valence electrons. The number of para-hydroxylation sites is 2. The summed E-state index contributed by atoms with van der Waals surface area (Å²) in [4.78, 5) is 14.2. The van der Waals surface area contributed by atoms with Crippen LogP contribution in [0.3, 0.4) is 0 Å². The highest BCUT2D eigenvalue weighted by molar-refractivity contribution is 5.86. The average molecular weight is 462 g/mol. The largest absolute Gasteiger partial charge is 0.496 e. The molecule has 3 aliphatic rings. The van der Waals surface area contributed by atoms with Crippen LogP contribution in [0.5, 0.6) is 5.75 Å². The maximum Gasteiger partial charge on any atom is 0.228 e. The van der Waals surface area contributed by atoms with Gasteiger partial charge in [0.05, 0.1) is 24.4 Å². The first-order chi connectivity index (χ1) is 16.6. The van der Waals surface area contributed by atoms with Crippen molar-refractivity contribution in [1.82, 2.24) is 5.32 Å². The van der Waals surface area contributed by atoms with Gasteiger partial charge in [-0.15, -0.1) is 0 Å². The first kappa shape index (κ1) is 23.1. The van der Waals surface area contributed by atoms with Crippen molar-refractivity contribution < 1.29 is 9.53 Å². The lowest BCUT2D eigenvalue weighted by Crippen LogP contribution is -2.56. The molecule has 5 nitrogen and oxygen atoms in total. The number of hydrogen-bond acceptors (Lipinski definition) is 4. The standard InChI is InChI=1S/C29H39N3O2/c1-20-19-22(17-18-26(20)34-2)29(31-24-15-9-10-16-25(24)32-29)27(21-11-5-3-6-12-21)28(33)30-23-13-7-4-8-14-23/h9-10,15-19,21,23,27,31-32H,3-8,11-14H2,1-2H3,(H,30,33). The average Bonchev–Trinajstić information content (AvgIpc) is 3.25. The number of carbonyl (C=O) groups excluding carboxylic acids is 1. The monoisotopic (exact) mass is 461 g/mol. The van der Waals surface area contributed by atoms with E-state index in [2.05, 4.69) is 59.3 Å².